The lowest BCUT2D eigenvalue weighted by molar-refractivity contribution is 0.621. The molecular formula is C24H22N4. The molecule has 4 heteroatoms. The van der Waals surface area contributed by atoms with E-state index in [9.17, 15) is 0 Å². The predicted octanol–water partition coefficient (Wildman–Crippen LogP) is 4.39. The Bertz CT molecular complexity index is 1220. The lowest BCUT2D eigenvalue weighted by Crippen LogP contribution is -2.25. The van der Waals surface area contributed by atoms with Gasteiger partial charge in [0.25, 0.3) is 0 Å². The normalized spacial score (nSPS) is 10.9. The van der Waals surface area contributed by atoms with Crippen LogP contribution in [0.4, 0.5) is 0 Å². The van der Waals surface area contributed by atoms with Crippen LogP contribution in [0.3, 0.4) is 0 Å². The van der Waals surface area contributed by atoms with E-state index in [1.807, 2.05) is 34.9 Å². The summed E-state index contributed by atoms with van der Waals surface area (Å²) < 4.78 is 4.09. The van der Waals surface area contributed by atoms with Crippen molar-refractivity contribution in [1.82, 2.24) is 9.13 Å². The fourth-order valence-electron chi connectivity index (χ4n) is 3.60. The van der Waals surface area contributed by atoms with Gasteiger partial charge in [-0.15, -0.1) is 0 Å². The molecule has 4 nitrogen and oxygen atoms in total. The number of nitrogens with one attached hydrogen (secondary N) is 1. The molecule has 0 aliphatic heterocycles. The fourth-order valence-corrected chi connectivity index (χ4v) is 3.60. The van der Waals surface area contributed by atoms with Crippen LogP contribution in [0.5, 0.6) is 0 Å². The number of imidazole rings is 1. The van der Waals surface area contributed by atoms with Crippen molar-refractivity contribution in [3.8, 4) is 6.07 Å². The number of fused-ring (bicyclic) bond motifs is 1. The van der Waals surface area contributed by atoms with Gasteiger partial charge < -0.3 is 9.13 Å². The summed E-state index contributed by atoms with van der Waals surface area (Å²) in [5.74, 6) is 0. The van der Waals surface area contributed by atoms with E-state index in [4.69, 9.17) is 10.7 Å². The van der Waals surface area contributed by atoms with Crippen molar-refractivity contribution in [3.05, 3.63) is 101 Å². The van der Waals surface area contributed by atoms with E-state index in [0.29, 0.717) is 17.7 Å². The van der Waals surface area contributed by atoms with Crippen LogP contribution in [0.25, 0.3) is 11.0 Å². The average molecular weight is 366 g/mol. The van der Waals surface area contributed by atoms with Gasteiger partial charge in [0.05, 0.1) is 29.2 Å². The van der Waals surface area contributed by atoms with E-state index in [1.54, 1.807) is 6.07 Å². The Hall–Kier alpha value is -3.58. The zero-order valence-electron chi connectivity index (χ0n) is 15.9. The van der Waals surface area contributed by atoms with Crippen LogP contribution >= 0.6 is 0 Å². The highest BCUT2D eigenvalue weighted by molar-refractivity contribution is 5.76. The summed E-state index contributed by atoms with van der Waals surface area (Å²) in [6, 6.07) is 26.5. The fraction of sp³-hybridized carbons (Fsp3) is 0.167. The average Bonchev–Trinajstić information content (AvgIpc) is 2.99. The summed E-state index contributed by atoms with van der Waals surface area (Å²) in [5.41, 5.74) is 6.79. The summed E-state index contributed by atoms with van der Waals surface area (Å²) in [6.07, 6.45) is 0.884. The summed E-state index contributed by atoms with van der Waals surface area (Å²) >= 11 is 0. The standard InChI is InChI=1S/C24H22N4/c1-18-9-11-19(12-10-18)13-14-27-22-7-2-3-8-23(22)28(24(27)26)17-21-6-4-5-20(15-21)16-25/h2-12,15,26H,13-14,17H2,1H3. The Balaban J connectivity index is 1.70. The van der Waals surface area contributed by atoms with Gasteiger partial charge in [-0.05, 0) is 48.7 Å². The predicted molar refractivity (Wildman–Crippen MR) is 111 cm³/mol. The van der Waals surface area contributed by atoms with E-state index in [0.717, 1.165) is 29.6 Å². The first-order valence-corrected chi connectivity index (χ1v) is 9.43. The quantitative estimate of drug-likeness (QED) is 0.559. The Morgan fingerprint density at radius 2 is 1.57 bits per heavy atom. The number of aromatic nitrogens is 2. The largest absolute Gasteiger partial charge is 0.310 e. The van der Waals surface area contributed by atoms with Gasteiger partial charge >= 0.3 is 0 Å². The van der Waals surface area contributed by atoms with Crippen molar-refractivity contribution in [2.45, 2.75) is 26.4 Å². The molecule has 0 radical (unpaired) electrons. The molecule has 1 heterocycles. The van der Waals surface area contributed by atoms with Crippen molar-refractivity contribution >= 4 is 11.0 Å². The second kappa shape index (κ2) is 7.58. The summed E-state index contributed by atoms with van der Waals surface area (Å²) in [5, 5.41) is 17.9. The number of nitriles is 1. The molecule has 0 unspecified atom stereocenters. The lowest BCUT2D eigenvalue weighted by atomic mass is 10.1. The number of aryl methyl sites for hydroxylation is 3. The molecular weight excluding hydrogens is 344 g/mol. The number of nitrogens with zero attached hydrogens (tertiary/aromatic N) is 3. The molecule has 4 rings (SSSR count). The third kappa shape index (κ3) is 3.47. The molecule has 138 valence electrons. The molecule has 0 amide bonds. The molecule has 0 aliphatic carbocycles. The van der Waals surface area contributed by atoms with Crippen molar-refractivity contribution in [2.24, 2.45) is 0 Å². The van der Waals surface area contributed by atoms with Crippen LogP contribution < -0.4 is 5.62 Å². The van der Waals surface area contributed by atoms with E-state index in [2.05, 4.69) is 54.0 Å². The second-order valence-corrected chi connectivity index (χ2v) is 7.10. The molecule has 3 aromatic carbocycles. The lowest BCUT2D eigenvalue weighted by Gasteiger charge is -2.06. The van der Waals surface area contributed by atoms with Gasteiger partial charge in [0, 0.05) is 6.54 Å². The minimum absolute atomic E-state index is 0.482. The Labute approximate surface area is 164 Å². The van der Waals surface area contributed by atoms with Crippen LogP contribution in [-0.4, -0.2) is 9.13 Å². The van der Waals surface area contributed by atoms with Gasteiger partial charge in [0.1, 0.15) is 0 Å². The van der Waals surface area contributed by atoms with Crippen LogP contribution in [0.2, 0.25) is 0 Å². The Morgan fingerprint density at radius 3 is 2.29 bits per heavy atom. The molecule has 0 spiro atoms. The summed E-state index contributed by atoms with van der Waals surface area (Å²) in [6.45, 7) is 3.43. The highest BCUT2D eigenvalue weighted by atomic mass is 15.2. The first kappa shape index (κ1) is 17.8. The van der Waals surface area contributed by atoms with Crippen molar-refractivity contribution in [1.29, 1.82) is 10.7 Å². The number of rotatable bonds is 5. The van der Waals surface area contributed by atoms with E-state index in [-0.39, 0.29) is 0 Å². The highest BCUT2D eigenvalue weighted by Crippen LogP contribution is 2.16. The molecule has 0 aliphatic rings. The van der Waals surface area contributed by atoms with Crippen LogP contribution in [0.1, 0.15) is 22.3 Å². The van der Waals surface area contributed by atoms with Crippen LogP contribution in [-0.2, 0) is 19.5 Å². The SMILES string of the molecule is Cc1ccc(CCn2c(=N)n(Cc3cccc(C#N)c3)c3ccccc32)cc1. The van der Waals surface area contributed by atoms with Gasteiger partial charge in [-0.1, -0.05) is 54.1 Å². The van der Waals surface area contributed by atoms with E-state index >= 15 is 0 Å². The van der Waals surface area contributed by atoms with E-state index in [1.165, 1.54) is 11.1 Å². The zero-order chi connectivity index (χ0) is 19.5. The van der Waals surface area contributed by atoms with Gasteiger partial charge in [0.15, 0.2) is 0 Å². The number of hydrogen-bond acceptors (Lipinski definition) is 2. The first-order chi connectivity index (χ1) is 13.7. The van der Waals surface area contributed by atoms with Gasteiger partial charge in [-0.3, -0.25) is 5.41 Å². The van der Waals surface area contributed by atoms with Crippen LogP contribution in [0, 0.1) is 23.7 Å². The Kier molecular flexibility index (Phi) is 4.82. The van der Waals surface area contributed by atoms with Crippen LogP contribution in [0.15, 0.2) is 72.8 Å². The molecule has 0 saturated carbocycles. The monoisotopic (exact) mass is 366 g/mol. The number of benzene rings is 3. The summed E-state index contributed by atoms with van der Waals surface area (Å²) in [4.78, 5) is 0. The third-order valence-electron chi connectivity index (χ3n) is 5.12. The maximum atomic E-state index is 9.16. The van der Waals surface area contributed by atoms with Gasteiger partial charge in [-0.25, -0.2) is 0 Å². The summed E-state index contributed by atoms with van der Waals surface area (Å²) in [7, 11) is 0. The molecule has 1 N–H and O–H groups in total. The third-order valence-corrected chi connectivity index (χ3v) is 5.12. The Morgan fingerprint density at radius 1 is 0.857 bits per heavy atom. The number of hydrogen-bond donors (Lipinski definition) is 1. The topological polar surface area (TPSA) is 57.5 Å². The zero-order valence-corrected chi connectivity index (χ0v) is 15.9. The highest BCUT2D eigenvalue weighted by Gasteiger charge is 2.11. The minimum Gasteiger partial charge on any atom is -0.310 e. The molecule has 0 fully saturated rings. The second-order valence-electron chi connectivity index (χ2n) is 7.10. The first-order valence-electron chi connectivity index (χ1n) is 9.43. The van der Waals surface area contributed by atoms with Crippen molar-refractivity contribution in [2.75, 3.05) is 0 Å². The molecule has 0 atom stereocenters. The molecule has 4 aromatic rings. The maximum absolute atomic E-state index is 9.16. The van der Waals surface area contributed by atoms with Crippen molar-refractivity contribution in [3.63, 3.8) is 0 Å². The van der Waals surface area contributed by atoms with Crippen molar-refractivity contribution < 1.29 is 0 Å². The molecule has 0 saturated heterocycles. The van der Waals surface area contributed by atoms with Gasteiger partial charge in [0.2, 0.25) is 5.62 Å². The van der Waals surface area contributed by atoms with E-state index < -0.39 is 0 Å². The maximum Gasteiger partial charge on any atom is 0.203 e. The van der Waals surface area contributed by atoms with Gasteiger partial charge in [-0.2, -0.15) is 5.26 Å². The smallest absolute Gasteiger partial charge is 0.203 e. The molecule has 1 aromatic heterocycles. The number of para-hydroxylation sites is 2. The molecule has 28 heavy (non-hydrogen) atoms. The molecule has 0 bridgehead atoms. The minimum atomic E-state index is 0.482.